The fourth-order valence-corrected chi connectivity index (χ4v) is 4.91. The predicted octanol–water partition coefficient (Wildman–Crippen LogP) is 1.80. The zero-order chi connectivity index (χ0) is 15.8. The van der Waals surface area contributed by atoms with Gasteiger partial charge in [-0.2, -0.15) is 17.5 Å². The van der Waals surface area contributed by atoms with Gasteiger partial charge < -0.3 is 5.11 Å². The van der Waals surface area contributed by atoms with Crippen LogP contribution in [0, 0.1) is 5.92 Å². The molecule has 1 fully saturated rings. The monoisotopic (exact) mass is 344 g/mol. The number of aromatic nitrogens is 1. The average molecular weight is 344 g/mol. The van der Waals surface area contributed by atoms with Crippen LogP contribution < -0.4 is 0 Å². The van der Waals surface area contributed by atoms with Gasteiger partial charge in [-0.1, -0.05) is 0 Å². The highest BCUT2D eigenvalue weighted by molar-refractivity contribution is 7.91. The van der Waals surface area contributed by atoms with Crippen LogP contribution in [0.3, 0.4) is 0 Å². The van der Waals surface area contributed by atoms with Gasteiger partial charge in [0.2, 0.25) is 0 Å². The Balaban J connectivity index is 2.31. The molecule has 0 saturated carbocycles. The van der Waals surface area contributed by atoms with E-state index in [0.29, 0.717) is 15.6 Å². The molecule has 1 aliphatic rings. The molecular formula is C10H11F3N2O4S2. The highest BCUT2D eigenvalue weighted by Gasteiger charge is 2.45. The summed E-state index contributed by atoms with van der Waals surface area (Å²) in [5.74, 6) is -3.26. The summed E-state index contributed by atoms with van der Waals surface area (Å²) >= 11 is 0.584. The van der Waals surface area contributed by atoms with Crippen LogP contribution in [0.2, 0.25) is 0 Å². The third kappa shape index (κ3) is 3.19. The number of alkyl halides is 3. The number of hydrogen-bond donors (Lipinski definition) is 1. The third-order valence-corrected chi connectivity index (χ3v) is 6.37. The Bertz CT molecular complexity index is 641. The maximum absolute atomic E-state index is 12.7. The molecule has 21 heavy (non-hydrogen) atoms. The second-order valence-corrected chi connectivity index (χ2v) is 7.53. The number of carbonyl (C=O) groups is 1. The molecule has 1 aliphatic heterocycles. The summed E-state index contributed by atoms with van der Waals surface area (Å²) in [5.41, 5.74) is 0.385. The van der Waals surface area contributed by atoms with E-state index in [1.54, 1.807) is 0 Å². The molecule has 6 nitrogen and oxygen atoms in total. The minimum Gasteiger partial charge on any atom is -0.476 e. The van der Waals surface area contributed by atoms with Crippen molar-refractivity contribution >= 4 is 27.3 Å². The second kappa shape index (κ2) is 5.54. The number of carboxylic acid groups (broad SMARTS) is 1. The highest BCUT2D eigenvalue weighted by Crippen LogP contribution is 2.35. The van der Waals surface area contributed by atoms with Crippen molar-refractivity contribution in [2.75, 3.05) is 13.1 Å². The van der Waals surface area contributed by atoms with Crippen LogP contribution >= 0.6 is 11.3 Å². The standard InChI is InChI=1S/C10H11F3N2O4S2/c11-10(12,13)6-2-1-3-15(4-6)21(18,19)9-7(8(16)17)14-5-20-9/h5-6H,1-4H2,(H,16,17). The van der Waals surface area contributed by atoms with Crippen molar-refractivity contribution < 1.29 is 31.5 Å². The SMILES string of the molecule is O=C(O)c1ncsc1S(=O)(=O)N1CCCC(C(F)(F)F)C1. The summed E-state index contributed by atoms with van der Waals surface area (Å²) in [6.07, 6.45) is -4.54. The van der Waals surface area contributed by atoms with Gasteiger partial charge in [0.05, 0.1) is 11.4 Å². The van der Waals surface area contributed by atoms with Crippen LogP contribution in [0.5, 0.6) is 0 Å². The molecule has 0 bridgehead atoms. The maximum Gasteiger partial charge on any atom is 0.393 e. The normalized spacial score (nSPS) is 21.4. The smallest absolute Gasteiger partial charge is 0.393 e. The Morgan fingerprint density at radius 1 is 1.48 bits per heavy atom. The number of sulfonamides is 1. The van der Waals surface area contributed by atoms with Crippen molar-refractivity contribution in [1.82, 2.24) is 9.29 Å². The minimum atomic E-state index is -4.47. The zero-order valence-corrected chi connectivity index (χ0v) is 12.1. The van der Waals surface area contributed by atoms with Gasteiger partial charge in [-0.3, -0.25) is 0 Å². The van der Waals surface area contributed by atoms with Gasteiger partial charge in [-0.15, -0.1) is 11.3 Å². The minimum absolute atomic E-state index is 0.0636. The molecule has 1 aromatic rings. The highest BCUT2D eigenvalue weighted by atomic mass is 32.2. The van der Waals surface area contributed by atoms with E-state index < -0.39 is 44.5 Å². The lowest BCUT2D eigenvalue weighted by Crippen LogP contribution is -2.44. The molecule has 1 saturated heterocycles. The van der Waals surface area contributed by atoms with Gasteiger partial charge in [-0.25, -0.2) is 18.2 Å². The lowest BCUT2D eigenvalue weighted by atomic mass is 9.99. The molecule has 2 rings (SSSR count). The summed E-state index contributed by atoms with van der Waals surface area (Å²) < 4.78 is 63.0. The van der Waals surface area contributed by atoms with Crippen molar-refractivity contribution in [1.29, 1.82) is 0 Å². The number of nitrogens with zero attached hydrogens (tertiary/aromatic N) is 2. The number of hydrogen-bond acceptors (Lipinski definition) is 5. The Kier molecular flexibility index (Phi) is 4.26. The molecule has 118 valence electrons. The summed E-state index contributed by atoms with van der Waals surface area (Å²) in [7, 11) is -4.28. The first-order valence-corrected chi connectivity index (χ1v) is 8.19. The Labute approximate surface area is 122 Å². The fraction of sp³-hybridized carbons (Fsp3) is 0.600. The first kappa shape index (κ1) is 16.2. The molecule has 0 aliphatic carbocycles. The van der Waals surface area contributed by atoms with E-state index >= 15 is 0 Å². The molecule has 0 aromatic carbocycles. The average Bonchev–Trinajstić information content (AvgIpc) is 2.88. The van der Waals surface area contributed by atoms with Crippen molar-refractivity contribution in [3.05, 3.63) is 11.2 Å². The van der Waals surface area contributed by atoms with Crippen LogP contribution in [0.25, 0.3) is 0 Å². The largest absolute Gasteiger partial charge is 0.476 e. The van der Waals surface area contributed by atoms with Gasteiger partial charge in [0, 0.05) is 13.1 Å². The molecule has 1 atom stereocenters. The molecule has 1 aromatic heterocycles. The lowest BCUT2D eigenvalue weighted by Gasteiger charge is -2.32. The predicted molar refractivity (Wildman–Crippen MR) is 66.6 cm³/mol. The van der Waals surface area contributed by atoms with E-state index in [0.717, 1.165) is 5.51 Å². The van der Waals surface area contributed by atoms with E-state index in [4.69, 9.17) is 5.11 Å². The number of piperidine rings is 1. The van der Waals surface area contributed by atoms with E-state index in [1.807, 2.05) is 0 Å². The summed E-state index contributed by atoms with van der Waals surface area (Å²) in [4.78, 5) is 14.4. The number of thiazole rings is 1. The number of rotatable bonds is 3. The number of aromatic carboxylic acids is 1. The van der Waals surface area contributed by atoms with E-state index in [9.17, 15) is 26.4 Å². The van der Waals surface area contributed by atoms with Crippen LogP contribution in [0.1, 0.15) is 23.3 Å². The van der Waals surface area contributed by atoms with Crippen molar-refractivity contribution in [3.63, 3.8) is 0 Å². The van der Waals surface area contributed by atoms with Gasteiger partial charge in [0.1, 0.15) is 0 Å². The quantitative estimate of drug-likeness (QED) is 0.903. The van der Waals surface area contributed by atoms with Crippen molar-refractivity contribution in [2.24, 2.45) is 5.92 Å². The summed E-state index contributed by atoms with van der Waals surface area (Å²) in [6, 6.07) is 0. The summed E-state index contributed by atoms with van der Waals surface area (Å²) in [6.45, 7) is -0.755. The van der Waals surface area contributed by atoms with E-state index in [1.165, 1.54) is 0 Å². The number of carboxylic acids is 1. The van der Waals surface area contributed by atoms with Gasteiger partial charge in [0.25, 0.3) is 10.0 Å². The maximum atomic E-state index is 12.7. The van der Waals surface area contributed by atoms with Gasteiger partial charge in [0.15, 0.2) is 9.90 Å². The van der Waals surface area contributed by atoms with Gasteiger partial charge >= 0.3 is 12.1 Å². The van der Waals surface area contributed by atoms with Crippen LogP contribution in [0.15, 0.2) is 9.72 Å². The van der Waals surface area contributed by atoms with Crippen LogP contribution in [-0.2, 0) is 10.0 Å². The Hall–Kier alpha value is -1.20. The molecule has 1 N–H and O–H groups in total. The molecule has 0 radical (unpaired) electrons. The first-order valence-electron chi connectivity index (χ1n) is 5.87. The first-order chi connectivity index (χ1) is 9.64. The Morgan fingerprint density at radius 2 is 2.14 bits per heavy atom. The Morgan fingerprint density at radius 3 is 2.71 bits per heavy atom. The van der Waals surface area contributed by atoms with E-state index in [2.05, 4.69) is 4.98 Å². The van der Waals surface area contributed by atoms with Gasteiger partial charge in [-0.05, 0) is 12.8 Å². The molecule has 2 heterocycles. The van der Waals surface area contributed by atoms with Crippen molar-refractivity contribution in [2.45, 2.75) is 23.2 Å². The van der Waals surface area contributed by atoms with E-state index in [-0.39, 0.29) is 19.4 Å². The number of halogens is 3. The van der Waals surface area contributed by atoms with Crippen molar-refractivity contribution in [3.8, 4) is 0 Å². The summed E-state index contributed by atoms with van der Waals surface area (Å²) in [5, 5.41) is 8.88. The molecule has 0 spiro atoms. The topological polar surface area (TPSA) is 87.6 Å². The molecule has 0 amide bonds. The third-order valence-electron chi connectivity index (χ3n) is 3.16. The lowest BCUT2D eigenvalue weighted by molar-refractivity contribution is -0.182. The zero-order valence-electron chi connectivity index (χ0n) is 10.5. The molecular weight excluding hydrogens is 333 g/mol. The fourth-order valence-electron chi connectivity index (χ4n) is 2.11. The van der Waals surface area contributed by atoms with Crippen LogP contribution in [0.4, 0.5) is 13.2 Å². The molecule has 1 unspecified atom stereocenters. The molecule has 11 heteroatoms. The van der Waals surface area contributed by atoms with Crippen LogP contribution in [-0.4, -0.2) is 48.0 Å². The second-order valence-electron chi connectivity index (χ2n) is 4.54.